The summed E-state index contributed by atoms with van der Waals surface area (Å²) in [4.78, 5) is 25.3. The van der Waals surface area contributed by atoms with E-state index in [-0.39, 0.29) is 36.5 Å². The molecule has 0 aromatic carbocycles. The number of carbonyl (C=O) groups is 2. The SMILES string of the molecule is CN(CC(=O)NCCC1CCCNC1)C(=O)c1ccc(Br)o1.Cl. The van der Waals surface area contributed by atoms with Crippen LogP contribution in [0.4, 0.5) is 0 Å². The summed E-state index contributed by atoms with van der Waals surface area (Å²) < 4.78 is 5.69. The first-order chi connectivity index (χ1) is 10.6. The molecule has 0 bridgehead atoms. The van der Waals surface area contributed by atoms with Gasteiger partial charge in [-0.1, -0.05) is 0 Å². The smallest absolute Gasteiger partial charge is 0.289 e. The summed E-state index contributed by atoms with van der Waals surface area (Å²) in [6, 6.07) is 3.23. The lowest BCUT2D eigenvalue weighted by Crippen LogP contribution is -2.39. The predicted octanol–water partition coefficient (Wildman–Crippen LogP) is 2.04. The number of rotatable bonds is 6. The van der Waals surface area contributed by atoms with Crippen LogP contribution in [-0.4, -0.2) is 49.9 Å². The lowest BCUT2D eigenvalue weighted by Gasteiger charge is -2.23. The average Bonchev–Trinajstić information content (AvgIpc) is 2.94. The Morgan fingerprint density at radius 1 is 1.48 bits per heavy atom. The molecule has 1 saturated heterocycles. The summed E-state index contributed by atoms with van der Waals surface area (Å²) in [7, 11) is 1.59. The van der Waals surface area contributed by atoms with E-state index in [0.717, 1.165) is 19.5 Å². The molecule has 6 nitrogen and oxygen atoms in total. The second-order valence-corrected chi connectivity index (χ2v) is 6.40. The number of nitrogens with one attached hydrogen (secondary N) is 2. The van der Waals surface area contributed by atoms with Crippen LogP contribution in [0.2, 0.25) is 0 Å². The summed E-state index contributed by atoms with van der Waals surface area (Å²) in [6.45, 7) is 2.81. The standard InChI is InChI=1S/C15H22BrN3O3.ClH/c1-19(15(21)12-4-5-13(16)22-12)10-14(20)18-8-6-11-3-2-7-17-9-11;/h4-5,11,17H,2-3,6-10H2,1H3,(H,18,20);1H. The van der Waals surface area contributed by atoms with Crippen LogP contribution in [0.15, 0.2) is 21.2 Å². The van der Waals surface area contributed by atoms with Crippen molar-refractivity contribution in [3.05, 3.63) is 22.6 Å². The van der Waals surface area contributed by atoms with Gasteiger partial charge in [0.25, 0.3) is 5.91 Å². The molecule has 0 saturated carbocycles. The van der Waals surface area contributed by atoms with E-state index in [2.05, 4.69) is 26.6 Å². The number of amides is 2. The minimum Gasteiger partial charge on any atom is -0.444 e. The van der Waals surface area contributed by atoms with E-state index in [1.54, 1.807) is 19.2 Å². The summed E-state index contributed by atoms with van der Waals surface area (Å²) >= 11 is 3.15. The van der Waals surface area contributed by atoms with E-state index in [0.29, 0.717) is 17.1 Å². The van der Waals surface area contributed by atoms with E-state index >= 15 is 0 Å². The Labute approximate surface area is 150 Å². The van der Waals surface area contributed by atoms with Crippen molar-refractivity contribution in [3.8, 4) is 0 Å². The van der Waals surface area contributed by atoms with Crippen molar-refractivity contribution < 1.29 is 14.0 Å². The molecule has 0 spiro atoms. The van der Waals surface area contributed by atoms with E-state index in [1.807, 2.05) is 0 Å². The Hall–Kier alpha value is -1.05. The fourth-order valence-corrected chi connectivity index (χ4v) is 2.85. The highest BCUT2D eigenvalue weighted by molar-refractivity contribution is 9.10. The molecule has 0 radical (unpaired) electrons. The number of hydrogen-bond donors (Lipinski definition) is 2. The summed E-state index contributed by atoms with van der Waals surface area (Å²) in [6.07, 6.45) is 3.39. The Bertz CT molecular complexity index is 518. The largest absolute Gasteiger partial charge is 0.444 e. The summed E-state index contributed by atoms with van der Waals surface area (Å²) in [5, 5.41) is 6.23. The van der Waals surface area contributed by atoms with E-state index in [9.17, 15) is 9.59 Å². The fraction of sp³-hybridized carbons (Fsp3) is 0.600. The van der Waals surface area contributed by atoms with Crippen molar-refractivity contribution in [1.29, 1.82) is 0 Å². The predicted molar refractivity (Wildman–Crippen MR) is 93.8 cm³/mol. The number of nitrogens with zero attached hydrogens (tertiary/aromatic N) is 1. The van der Waals surface area contributed by atoms with Crippen LogP contribution in [0.5, 0.6) is 0 Å². The van der Waals surface area contributed by atoms with Gasteiger partial charge in [-0.25, -0.2) is 0 Å². The van der Waals surface area contributed by atoms with Gasteiger partial charge in [-0.15, -0.1) is 12.4 Å². The van der Waals surface area contributed by atoms with Crippen LogP contribution in [0.25, 0.3) is 0 Å². The Morgan fingerprint density at radius 3 is 2.87 bits per heavy atom. The van der Waals surface area contributed by atoms with Crippen molar-refractivity contribution in [3.63, 3.8) is 0 Å². The molecule has 1 aliphatic rings. The van der Waals surface area contributed by atoms with Gasteiger partial charge in [0.2, 0.25) is 5.91 Å². The second kappa shape index (κ2) is 9.95. The van der Waals surface area contributed by atoms with Crippen molar-refractivity contribution in [2.45, 2.75) is 19.3 Å². The summed E-state index contributed by atoms with van der Waals surface area (Å²) in [5.74, 6) is 0.395. The molecule has 2 N–H and O–H groups in total. The van der Waals surface area contributed by atoms with Gasteiger partial charge in [-0.05, 0) is 66.3 Å². The van der Waals surface area contributed by atoms with Gasteiger partial charge >= 0.3 is 0 Å². The topological polar surface area (TPSA) is 74.6 Å². The highest BCUT2D eigenvalue weighted by Gasteiger charge is 2.18. The van der Waals surface area contributed by atoms with Gasteiger partial charge in [0, 0.05) is 13.6 Å². The molecule has 2 rings (SSSR count). The van der Waals surface area contributed by atoms with Gasteiger partial charge in [0.1, 0.15) is 0 Å². The van der Waals surface area contributed by atoms with Crippen molar-refractivity contribution in [2.75, 3.05) is 33.2 Å². The van der Waals surface area contributed by atoms with Crippen molar-refractivity contribution >= 4 is 40.2 Å². The van der Waals surface area contributed by atoms with Gasteiger partial charge in [0.15, 0.2) is 10.4 Å². The first-order valence-electron chi connectivity index (χ1n) is 7.54. The average molecular weight is 409 g/mol. The quantitative estimate of drug-likeness (QED) is 0.755. The van der Waals surface area contributed by atoms with Crippen LogP contribution in [0, 0.1) is 5.92 Å². The van der Waals surface area contributed by atoms with Crippen LogP contribution in [-0.2, 0) is 4.79 Å². The molecular weight excluding hydrogens is 386 g/mol. The van der Waals surface area contributed by atoms with Gasteiger partial charge < -0.3 is 20.0 Å². The third-order valence-corrected chi connectivity index (χ3v) is 4.21. The van der Waals surface area contributed by atoms with E-state index < -0.39 is 0 Å². The van der Waals surface area contributed by atoms with Crippen molar-refractivity contribution in [1.82, 2.24) is 15.5 Å². The highest BCUT2D eigenvalue weighted by atomic mass is 79.9. The van der Waals surface area contributed by atoms with Crippen LogP contribution >= 0.6 is 28.3 Å². The lowest BCUT2D eigenvalue weighted by atomic mass is 9.96. The Morgan fingerprint density at radius 2 is 2.26 bits per heavy atom. The molecule has 1 unspecified atom stereocenters. The maximum absolute atomic E-state index is 12.0. The monoisotopic (exact) mass is 407 g/mol. The zero-order chi connectivity index (χ0) is 15.9. The minimum atomic E-state index is -0.308. The molecule has 2 heterocycles. The van der Waals surface area contributed by atoms with Crippen molar-refractivity contribution in [2.24, 2.45) is 5.92 Å². The number of halogens is 2. The maximum atomic E-state index is 12.0. The molecule has 1 aromatic rings. The molecule has 0 aliphatic carbocycles. The normalized spacial score (nSPS) is 17.2. The van der Waals surface area contributed by atoms with E-state index in [1.165, 1.54) is 17.7 Å². The molecule has 1 aliphatic heterocycles. The second-order valence-electron chi connectivity index (χ2n) is 5.62. The molecule has 130 valence electrons. The van der Waals surface area contributed by atoms with Crippen LogP contribution in [0.3, 0.4) is 0 Å². The highest BCUT2D eigenvalue weighted by Crippen LogP contribution is 2.15. The number of furan rings is 1. The third kappa shape index (κ3) is 6.53. The van der Waals surface area contributed by atoms with Gasteiger partial charge in [-0.3, -0.25) is 9.59 Å². The van der Waals surface area contributed by atoms with Crippen LogP contribution in [0.1, 0.15) is 29.8 Å². The van der Waals surface area contributed by atoms with Crippen LogP contribution < -0.4 is 10.6 Å². The minimum absolute atomic E-state index is 0. The number of likely N-dealkylation sites (N-methyl/N-ethyl adjacent to an activating group) is 1. The zero-order valence-corrected chi connectivity index (χ0v) is 15.5. The zero-order valence-electron chi connectivity index (χ0n) is 13.1. The molecule has 2 amide bonds. The third-order valence-electron chi connectivity index (χ3n) is 3.79. The molecule has 23 heavy (non-hydrogen) atoms. The number of hydrogen-bond acceptors (Lipinski definition) is 4. The first-order valence-corrected chi connectivity index (χ1v) is 8.34. The lowest BCUT2D eigenvalue weighted by molar-refractivity contribution is -0.121. The fourth-order valence-electron chi connectivity index (χ4n) is 2.55. The first kappa shape index (κ1) is 20.0. The van der Waals surface area contributed by atoms with Gasteiger partial charge in [-0.2, -0.15) is 0 Å². The molecule has 1 atom stereocenters. The van der Waals surface area contributed by atoms with Gasteiger partial charge in [0.05, 0.1) is 6.54 Å². The maximum Gasteiger partial charge on any atom is 0.289 e. The Kier molecular flexibility index (Phi) is 8.65. The number of carbonyl (C=O) groups excluding carboxylic acids is 2. The van der Waals surface area contributed by atoms with E-state index in [4.69, 9.17) is 4.42 Å². The Balaban J connectivity index is 0.00000264. The number of piperidine rings is 1. The molecule has 8 heteroatoms. The molecule has 1 fully saturated rings. The molecular formula is C15H23BrClN3O3. The summed E-state index contributed by atoms with van der Waals surface area (Å²) in [5.41, 5.74) is 0. The molecule has 1 aromatic heterocycles.